The van der Waals surface area contributed by atoms with E-state index in [-0.39, 0.29) is 16.3 Å². The molecule has 22 heavy (non-hydrogen) atoms. The number of nitrogens with two attached hydrogens (primary N) is 1. The number of anilines is 1. The first-order valence-corrected chi connectivity index (χ1v) is 8.58. The van der Waals surface area contributed by atoms with Crippen molar-refractivity contribution in [2.75, 3.05) is 11.1 Å². The number of aryl methyl sites for hydroxylation is 1. The van der Waals surface area contributed by atoms with Gasteiger partial charge in [0.15, 0.2) is 5.13 Å². The second-order valence-electron chi connectivity index (χ2n) is 4.20. The quantitative estimate of drug-likeness (QED) is 0.781. The lowest BCUT2D eigenvalue weighted by Crippen LogP contribution is -2.12. The molecular formula is C13H11Cl2N3O2S2. The summed E-state index contributed by atoms with van der Waals surface area (Å²) in [5.41, 5.74) is 6.11. The van der Waals surface area contributed by atoms with Crippen LogP contribution in [0.25, 0.3) is 0 Å². The van der Waals surface area contributed by atoms with Crippen molar-refractivity contribution in [3.05, 3.63) is 39.5 Å². The van der Waals surface area contributed by atoms with Gasteiger partial charge in [0.2, 0.25) is 5.91 Å². The van der Waals surface area contributed by atoms with Crippen LogP contribution in [0.2, 0.25) is 10.0 Å². The largest absolute Gasteiger partial charge is 0.369 e. The maximum absolute atomic E-state index is 12.2. The summed E-state index contributed by atoms with van der Waals surface area (Å²) in [4.78, 5) is 27.3. The highest BCUT2D eigenvalue weighted by Gasteiger charge is 2.16. The topological polar surface area (TPSA) is 85.1 Å². The number of primary amides is 1. The van der Waals surface area contributed by atoms with E-state index in [1.807, 2.05) is 0 Å². The molecule has 0 saturated heterocycles. The first-order valence-electron chi connectivity index (χ1n) is 6.02. The van der Waals surface area contributed by atoms with Crippen molar-refractivity contribution >= 4 is 63.2 Å². The molecule has 0 atom stereocenters. The number of carbonyl (C=O) groups is 2. The van der Waals surface area contributed by atoms with Crippen LogP contribution in [0.5, 0.6) is 0 Å². The molecular weight excluding hydrogens is 365 g/mol. The van der Waals surface area contributed by atoms with Crippen molar-refractivity contribution in [3.63, 3.8) is 0 Å². The smallest absolute Gasteiger partial charge is 0.259 e. The van der Waals surface area contributed by atoms with Crippen LogP contribution >= 0.6 is 46.3 Å². The molecule has 0 aliphatic rings. The summed E-state index contributed by atoms with van der Waals surface area (Å²) in [6.45, 7) is 1.79. The van der Waals surface area contributed by atoms with Gasteiger partial charge in [-0.15, -0.1) is 11.8 Å². The van der Waals surface area contributed by atoms with Gasteiger partial charge in [-0.2, -0.15) is 0 Å². The predicted octanol–water partition coefficient (Wildman–Crippen LogP) is 3.59. The number of nitrogens with one attached hydrogen (secondary N) is 1. The Morgan fingerprint density at radius 1 is 1.41 bits per heavy atom. The number of hydrogen-bond donors (Lipinski definition) is 2. The summed E-state index contributed by atoms with van der Waals surface area (Å²) in [6.07, 6.45) is 0. The highest BCUT2D eigenvalue weighted by atomic mass is 35.5. The van der Waals surface area contributed by atoms with Gasteiger partial charge in [-0.1, -0.05) is 40.6 Å². The Hall–Kier alpha value is -1.28. The van der Waals surface area contributed by atoms with Crippen LogP contribution in [-0.4, -0.2) is 22.6 Å². The molecule has 2 rings (SSSR count). The van der Waals surface area contributed by atoms with Crippen LogP contribution in [0.3, 0.4) is 0 Å². The lowest BCUT2D eigenvalue weighted by molar-refractivity contribution is -0.115. The Labute approximate surface area is 145 Å². The number of amides is 2. The Morgan fingerprint density at radius 2 is 2.14 bits per heavy atom. The van der Waals surface area contributed by atoms with E-state index in [4.69, 9.17) is 28.9 Å². The number of rotatable bonds is 5. The summed E-state index contributed by atoms with van der Waals surface area (Å²) < 4.78 is 0.825. The highest BCUT2D eigenvalue weighted by molar-refractivity contribution is 8.01. The van der Waals surface area contributed by atoms with E-state index in [0.29, 0.717) is 10.2 Å². The molecule has 0 fully saturated rings. The van der Waals surface area contributed by atoms with Crippen LogP contribution < -0.4 is 11.1 Å². The number of hydrogen-bond acceptors (Lipinski definition) is 5. The molecule has 116 valence electrons. The first-order chi connectivity index (χ1) is 10.4. The SMILES string of the molecule is Cc1nc(NC(=O)c2cccc(Cl)c2Cl)sc1SCC(N)=O. The summed E-state index contributed by atoms with van der Waals surface area (Å²) >= 11 is 14.5. The maximum atomic E-state index is 12.2. The Bertz CT molecular complexity index is 734. The Balaban J connectivity index is 2.13. The van der Waals surface area contributed by atoms with E-state index in [9.17, 15) is 9.59 Å². The van der Waals surface area contributed by atoms with E-state index in [2.05, 4.69) is 10.3 Å². The normalized spacial score (nSPS) is 10.5. The average molecular weight is 376 g/mol. The summed E-state index contributed by atoms with van der Waals surface area (Å²) in [5.74, 6) is -0.641. The van der Waals surface area contributed by atoms with Gasteiger partial charge in [-0.05, 0) is 19.1 Å². The van der Waals surface area contributed by atoms with Crippen molar-refractivity contribution in [2.24, 2.45) is 5.73 Å². The second-order valence-corrected chi connectivity index (χ2v) is 7.23. The number of benzene rings is 1. The second kappa shape index (κ2) is 7.32. The van der Waals surface area contributed by atoms with Crippen molar-refractivity contribution in [1.82, 2.24) is 4.98 Å². The third-order valence-corrected chi connectivity index (χ3v) is 5.79. The molecule has 1 aromatic carbocycles. The molecule has 9 heteroatoms. The first kappa shape index (κ1) is 17.1. The van der Waals surface area contributed by atoms with Gasteiger partial charge in [0.05, 0.1) is 31.3 Å². The lowest BCUT2D eigenvalue weighted by atomic mass is 10.2. The molecule has 1 heterocycles. The molecule has 2 aromatic rings. The molecule has 0 bridgehead atoms. The van der Waals surface area contributed by atoms with Crippen molar-refractivity contribution in [3.8, 4) is 0 Å². The minimum absolute atomic E-state index is 0.163. The van der Waals surface area contributed by atoms with E-state index >= 15 is 0 Å². The van der Waals surface area contributed by atoms with E-state index in [0.717, 1.165) is 9.90 Å². The number of nitrogens with zero attached hydrogens (tertiary/aromatic N) is 1. The van der Waals surface area contributed by atoms with E-state index in [1.54, 1.807) is 25.1 Å². The van der Waals surface area contributed by atoms with Crippen LogP contribution in [0, 0.1) is 6.92 Å². The van der Waals surface area contributed by atoms with Crippen molar-refractivity contribution < 1.29 is 9.59 Å². The Kier molecular flexibility index (Phi) is 5.69. The zero-order valence-electron chi connectivity index (χ0n) is 11.4. The number of halogens is 2. The molecule has 0 saturated carbocycles. The zero-order valence-corrected chi connectivity index (χ0v) is 14.5. The minimum atomic E-state index is -0.408. The fraction of sp³-hybridized carbons (Fsp3) is 0.154. The molecule has 0 aliphatic carbocycles. The highest BCUT2D eigenvalue weighted by Crippen LogP contribution is 2.32. The molecule has 5 nitrogen and oxygen atoms in total. The van der Waals surface area contributed by atoms with Gasteiger partial charge >= 0.3 is 0 Å². The molecule has 3 N–H and O–H groups in total. The number of carbonyl (C=O) groups excluding carboxylic acids is 2. The monoisotopic (exact) mass is 375 g/mol. The maximum Gasteiger partial charge on any atom is 0.259 e. The minimum Gasteiger partial charge on any atom is -0.369 e. The number of thiazole rings is 1. The molecule has 0 radical (unpaired) electrons. The van der Waals surface area contributed by atoms with Crippen LogP contribution in [-0.2, 0) is 4.79 Å². The van der Waals surface area contributed by atoms with Crippen molar-refractivity contribution in [2.45, 2.75) is 11.1 Å². The average Bonchev–Trinajstić information content (AvgIpc) is 2.79. The van der Waals surface area contributed by atoms with E-state index in [1.165, 1.54) is 23.1 Å². The van der Waals surface area contributed by atoms with Gasteiger partial charge in [0, 0.05) is 0 Å². The lowest BCUT2D eigenvalue weighted by Gasteiger charge is -2.04. The van der Waals surface area contributed by atoms with E-state index < -0.39 is 11.8 Å². The third-order valence-electron chi connectivity index (χ3n) is 2.52. The fourth-order valence-corrected chi connectivity index (χ4v) is 3.81. The van der Waals surface area contributed by atoms with Gasteiger partial charge < -0.3 is 5.73 Å². The summed E-state index contributed by atoms with van der Waals surface area (Å²) in [5, 5.41) is 3.59. The predicted molar refractivity (Wildman–Crippen MR) is 91.2 cm³/mol. The molecule has 0 unspecified atom stereocenters. The molecule has 2 amide bonds. The van der Waals surface area contributed by atoms with Gasteiger partial charge in [-0.3, -0.25) is 14.9 Å². The van der Waals surface area contributed by atoms with Crippen LogP contribution in [0.4, 0.5) is 5.13 Å². The standard InChI is InChI=1S/C13H11Cl2N3O2S2/c1-6-12(21-5-9(16)19)22-13(17-6)18-11(20)7-3-2-4-8(14)10(7)15/h2-4H,5H2,1H3,(H2,16,19)(H,17,18,20). The zero-order chi connectivity index (χ0) is 16.3. The Morgan fingerprint density at radius 3 is 2.82 bits per heavy atom. The summed E-state index contributed by atoms with van der Waals surface area (Å²) in [6, 6.07) is 4.82. The van der Waals surface area contributed by atoms with Crippen molar-refractivity contribution in [1.29, 1.82) is 0 Å². The molecule has 0 aliphatic heterocycles. The molecule has 0 spiro atoms. The van der Waals surface area contributed by atoms with Gasteiger partial charge in [-0.25, -0.2) is 4.98 Å². The van der Waals surface area contributed by atoms with Crippen LogP contribution in [0.1, 0.15) is 16.1 Å². The fourth-order valence-electron chi connectivity index (χ4n) is 1.55. The van der Waals surface area contributed by atoms with Gasteiger partial charge in [0.1, 0.15) is 0 Å². The van der Waals surface area contributed by atoms with Gasteiger partial charge in [0.25, 0.3) is 5.91 Å². The molecule has 1 aromatic heterocycles. The van der Waals surface area contributed by atoms with Crippen LogP contribution in [0.15, 0.2) is 22.4 Å². The third kappa shape index (κ3) is 4.13. The summed E-state index contributed by atoms with van der Waals surface area (Å²) in [7, 11) is 0. The number of aromatic nitrogens is 1. The number of thioether (sulfide) groups is 1.